The molecule has 1 aromatic carbocycles. The van der Waals surface area contributed by atoms with Gasteiger partial charge in [-0.15, -0.1) is 0 Å². The van der Waals surface area contributed by atoms with E-state index in [4.69, 9.17) is 0 Å². The van der Waals surface area contributed by atoms with E-state index < -0.39 is 0 Å². The van der Waals surface area contributed by atoms with Gasteiger partial charge in [-0.3, -0.25) is 0 Å². The van der Waals surface area contributed by atoms with E-state index in [-0.39, 0.29) is 6.15 Å². The van der Waals surface area contributed by atoms with Crippen molar-refractivity contribution in [2.45, 2.75) is 20.3 Å². The summed E-state index contributed by atoms with van der Waals surface area (Å²) >= 11 is 0. The molecule has 0 bridgehead atoms. The van der Waals surface area contributed by atoms with E-state index in [1.807, 2.05) is 36.4 Å². The van der Waals surface area contributed by atoms with Gasteiger partial charge in [0.15, 0.2) is 0 Å². The predicted octanol–water partition coefficient (Wildman–Crippen LogP) is 3.26. The normalized spacial score (nSPS) is 6.60. The van der Waals surface area contributed by atoms with Gasteiger partial charge in [-0.1, -0.05) is 56.7 Å². The Hall–Kier alpha value is -0.820. The van der Waals surface area contributed by atoms with Crippen molar-refractivity contribution >= 4 is 0 Å². The molecule has 1 aromatic rings. The standard InChI is InChI=1S/C6H6.C3H8.H3N/c1-2-4-6-5-3-1;1-3-2;/h1-6H;3H2,1-2H3;1H3. The summed E-state index contributed by atoms with van der Waals surface area (Å²) in [6.45, 7) is 4.25. The SMILES string of the molecule is CCC.N.c1ccccc1. The van der Waals surface area contributed by atoms with Gasteiger partial charge in [0, 0.05) is 0 Å². The smallest absolute Gasteiger partial charge is 0.0590 e. The highest BCUT2D eigenvalue weighted by Crippen LogP contribution is 1.79. The summed E-state index contributed by atoms with van der Waals surface area (Å²) in [5.41, 5.74) is 0. The van der Waals surface area contributed by atoms with Crippen LogP contribution in [0.5, 0.6) is 0 Å². The van der Waals surface area contributed by atoms with Crippen molar-refractivity contribution in [1.82, 2.24) is 6.15 Å². The van der Waals surface area contributed by atoms with E-state index >= 15 is 0 Å². The third-order valence-corrected chi connectivity index (χ3v) is 0.667. The third-order valence-electron chi connectivity index (χ3n) is 0.667. The molecule has 0 aromatic heterocycles. The Labute approximate surface area is 63.7 Å². The summed E-state index contributed by atoms with van der Waals surface area (Å²) in [5, 5.41) is 0. The molecule has 0 aliphatic rings. The van der Waals surface area contributed by atoms with Crippen LogP contribution in [0.25, 0.3) is 0 Å². The van der Waals surface area contributed by atoms with Gasteiger partial charge >= 0.3 is 0 Å². The quantitative estimate of drug-likeness (QED) is 0.588. The van der Waals surface area contributed by atoms with Crippen molar-refractivity contribution < 1.29 is 0 Å². The van der Waals surface area contributed by atoms with Crippen molar-refractivity contribution in [3.05, 3.63) is 36.4 Å². The van der Waals surface area contributed by atoms with Gasteiger partial charge in [-0.25, -0.2) is 0 Å². The third kappa shape index (κ3) is 10.2. The largest absolute Gasteiger partial charge is 0.344 e. The molecule has 10 heavy (non-hydrogen) atoms. The van der Waals surface area contributed by atoms with Gasteiger partial charge in [0.05, 0.1) is 0 Å². The van der Waals surface area contributed by atoms with Gasteiger partial charge in [0.1, 0.15) is 0 Å². The first-order chi connectivity index (χ1) is 4.41. The summed E-state index contributed by atoms with van der Waals surface area (Å²) in [6, 6.07) is 12.0. The Morgan fingerprint density at radius 3 is 0.900 bits per heavy atom. The van der Waals surface area contributed by atoms with Crippen LogP contribution in [0.3, 0.4) is 0 Å². The molecular weight excluding hydrogens is 122 g/mol. The molecule has 0 saturated carbocycles. The molecule has 0 spiro atoms. The number of hydrogen-bond acceptors (Lipinski definition) is 1. The first-order valence-electron chi connectivity index (χ1n) is 3.41. The summed E-state index contributed by atoms with van der Waals surface area (Å²) in [5.74, 6) is 0. The summed E-state index contributed by atoms with van der Waals surface area (Å²) in [6.07, 6.45) is 1.25. The minimum atomic E-state index is 0. The summed E-state index contributed by atoms with van der Waals surface area (Å²) < 4.78 is 0. The zero-order chi connectivity index (χ0) is 6.95. The van der Waals surface area contributed by atoms with Crippen molar-refractivity contribution in [3.8, 4) is 0 Å². The van der Waals surface area contributed by atoms with Crippen molar-refractivity contribution in [2.75, 3.05) is 0 Å². The lowest BCUT2D eigenvalue weighted by molar-refractivity contribution is 1.09. The van der Waals surface area contributed by atoms with E-state index in [2.05, 4.69) is 13.8 Å². The second kappa shape index (κ2) is 11.0. The lowest BCUT2D eigenvalue weighted by atomic mass is 10.4. The molecule has 0 atom stereocenters. The van der Waals surface area contributed by atoms with Crippen LogP contribution >= 0.6 is 0 Å². The van der Waals surface area contributed by atoms with Gasteiger partial charge in [-0.05, 0) is 0 Å². The lowest BCUT2D eigenvalue weighted by Gasteiger charge is -1.69. The molecule has 0 amide bonds. The highest BCUT2D eigenvalue weighted by molar-refractivity contribution is 4.99. The summed E-state index contributed by atoms with van der Waals surface area (Å²) in [7, 11) is 0. The second-order valence-corrected chi connectivity index (χ2v) is 1.86. The Morgan fingerprint density at radius 1 is 0.700 bits per heavy atom. The highest BCUT2D eigenvalue weighted by Gasteiger charge is 1.57. The molecule has 0 saturated heterocycles. The van der Waals surface area contributed by atoms with Gasteiger partial charge in [0.25, 0.3) is 0 Å². The molecule has 0 unspecified atom stereocenters. The first-order valence-corrected chi connectivity index (χ1v) is 3.41. The zero-order valence-electron chi connectivity index (χ0n) is 6.88. The highest BCUT2D eigenvalue weighted by atomic mass is 14.0. The Morgan fingerprint density at radius 2 is 0.800 bits per heavy atom. The van der Waals surface area contributed by atoms with E-state index in [1.54, 1.807) is 0 Å². The van der Waals surface area contributed by atoms with E-state index in [0.29, 0.717) is 0 Å². The molecule has 0 fully saturated rings. The molecule has 58 valence electrons. The topological polar surface area (TPSA) is 35.0 Å². The molecule has 1 heteroatoms. The maximum Gasteiger partial charge on any atom is -0.0590 e. The molecule has 1 rings (SSSR count). The molecule has 0 aliphatic heterocycles. The van der Waals surface area contributed by atoms with Crippen LogP contribution in [0.15, 0.2) is 36.4 Å². The van der Waals surface area contributed by atoms with Crippen molar-refractivity contribution in [1.29, 1.82) is 0 Å². The van der Waals surface area contributed by atoms with Crippen LogP contribution in [0.2, 0.25) is 0 Å². The van der Waals surface area contributed by atoms with Crippen molar-refractivity contribution in [2.24, 2.45) is 0 Å². The Kier molecular flexibility index (Phi) is 13.2. The van der Waals surface area contributed by atoms with Gasteiger partial charge < -0.3 is 6.15 Å². The predicted molar refractivity (Wildman–Crippen MR) is 47.4 cm³/mol. The van der Waals surface area contributed by atoms with Crippen LogP contribution in [-0.2, 0) is 0 Å². The molecular formula is C9H17N. The Bertz CT molecular complexity index is 87.6. The minimum absolute atomic E-state index is 0. The van der Waals surface area contributed by atoms with E-state index in [9.17, 15) is 0 Å². The monoisotopic (exact) mass is 139 g/mol. The van der Waals surface area contributed by atoms with Crippen LogP contribution in [0.1, 0.15) is 20.3 Å². The number of hydrogen-bond donors (Lipinski definition) is 1. The minimum Gasteiger partial charge on any atom is -0.344 e. The maximum absolute atomic E-state index is 2.12. The maximum atomic E-state index is 2.12. The van der Waals surface area contributed by atoms with Gasteiger partial charge in [-0.2, -0.15) is 0 Å². The average molecular weight is 139 g/mol. The van der Waals surface area contributed by atoms with Crippen LogP contribution in [0, 0.1) is 0 Å². The van der Waals surface area contributed by atoms with Crippen LogP contribution in [0.4, 0.5) is 0 Å². The average Bonchev–Trinajstić information content (AvgIpc) is 1.93. The first kappa shape index (κ1) is 11.9. The Balaban J connectivity index is 0. The van der Waals surface area contributed by atoms with Crippen LogP contribution < -0.4 is 6.15 Å². The second-order valence-electron chi connectivity index (χ2n) is 1.86. The fraction of sp³-hybridized carbons (Fsp3) is 0.333. The van der Waals surface area contributed by atoms with Crippen LogP contribution in [-0.4, -0.2) is 0 Å². The molecule has 0 heterocycles. The van der Waals surface area contributed by atoms with Crippen molar-refractivity contribution in [3.63, 3.8) is 0 Å². The number of rotatable bonds is 0. The fourth-order valence-corrected chi connectivity index (χ4v) is 0.385. The molecule has 0 aliphatic carbocycles. The molecule has 0 radical (unpaired) electrons. The summed E-state index contributed by atoms with van der Waals surface area (Å²) in [4.78, 5) is 0. The fourth-order valence-electron chi connectivity index (χ4n) is 0.385. The lowest BCUT2D eigenvalue weighted by Crippen LogP contribution is -1.47. The molecule has 1 nitrogen and oxygen atoms in total. The van der Waals surface area contributed by atoms with E-state index in [0.717, 1.165) is 0 Å². The zero-order valence-corrected chi connectivity index (χ0v) is 6.88. The molecule has 3 N–H and O–H groups in total. The van der Waals surface area contributed by atoms with E-state index in [1.165, 1.54) is 6.42 Å². The number of benzene rings is 1. The van der Waals surface area contributed by atoms with Gasteiger partial charge in [0.2, 0.25) is 0 Å².